The van der Waals surface area contributed by atoms with Crippen molar-refractivity contribution in [3.8, 4) is 11.5 Å². The molecule has 0 heterocycles. The predicted molar refractivity (Wildman–Crippen MR) is 98.3 cm³/mol. The first-order valence-electron chi connectivity index (χ1n) is 7.63. The Bertz CT molecular complexity index is 681. The van der Waals surface area contributed by atoms with E-state index >= 15 is 0 Å². The van der Waals surface area contributed by atoms with Crippen LogP contribution in [0.1, 0.15) is 17.5 Å². The summed E-state index contributed by atoms with van der Waals surface area (Å²) in [6, 6.07) is 14.7. The highest BCUT2D eigenvalue weighted by molar-refractivity contribution is 6.52. The number of hydrogen-bond acceptors (Lipinski definition) is 4. The van der Waals surface area contributed by atoms with E-state index < -0.39 is 0 Å². The average Bonchev–Trinajstić information content (AvgIpc) is 2.65. The van der Waals surface area contributed by atoms with Crippen molar-refractivity contribution < 1.29 is 14.6 Å². The van der Waals surface area contributed by atoms with Gasteiger partial charge in [-0.2, -0.15) is 0 Å². The van der Waals surface area contributed by atoms with Crippen LogP contribution < -0.4 is 15.2 Å². The summed E-state index contributed by atoms with van der Waals surface area (Å²) in [5.74, 6) is 1.53. The molecule has 0 spiro atoms. The molecule has 1 atom stereocenters. The molecule has 0 amide bonds. The van der Waals surface area contributed by atoms with Crippen LogP contribution in [-0.2, 0) is 0 Å². The monoisotopic (exact) mass is 347 g/mol. The van der Waals surface area contributed by atoms with Crippen LogP contribution in [0.15, 0.2) is 48.5 Å². The van der Waals surface area contributed by atoms with Crippen LogP contribution in [0.4, 0.5) is 0 Å². The lowest BCUT2D eigenvalue weighted by Gasteiger charge is -2.16. The number of ether oxygens (including phenoxy) is 2. The average molecular weight is 348 g/mol. The van der Waals surface area contributed by atoms with Crippen LogP contribution in [-0.4, -0.2) is 32.0 Å². The predicted octanol–water partition coefficient (Wildman–Crippen LogP) is 3.52. The summed E-state index contributed by atoms with van der Waals surface area (Å²) in [5.41, 5.74) is 8.64. The highest BCUT2D eigenvalue weighted by Gasteiger charge is 2.14. The molecule has 0 aromatic heterocycles. The topological polar surface area (TPSA) is 64.7 Å². The molecule has 2 rings (SSSR count). The molecule has 0 aliphatic carbocycles. The summed E-state index contributed by atoms with van der Waals surface area (Å²) in [7, 11) is 3.24. The summed E-state index contributed by atoms with van der Waals surface area (Å²) in [6.45, 7) is -0.105. The molecule has 2 aromatic rings. The molecular weight excluding hydrogens is 326 g/mol. The third-order valence-electron chi connectivity index (χ3n) is 3.75. The zero-order valence-electron chi connectivity index (χ0n) is 13.8. The van der Waals surface area contributed by atoms with E-state index in [1.807, 2.05) is 48.5 Å². The van der Waals surface area contributed by atoms with Gasteiger partial charge < -0.3 is 20.3 Å². The SMILES string of the molecule is COc1ccc(/C(Cl)=C(\CC(N)CO)c2ccc(OC)cc2)cc1. The van der Waals surface area contributed by atoms with Gasteiger partial charge in [0.15, 0.2) is 0 Å². The number of benzene rings is 2. The molecule has 1 unspecified atom stereocenters. The van der Waals surface area contributed by atoms with Crippen LogP contribution in [0, 0.1) is 0 Å². The summed E-state index contributed by atoms with van der Waals surface area (Å²) < 4.78 is 10.4. The lowest BCUT2D eigenvalue weighted by Crippen LogP contribution is -2.24. The lowest BCUT2D eigenvalue weighted by atomic mass is 9.96. The molecule has 5 heteroatoms. The van der Waals surface area contributed by atoms with Gasteiger partial charge in [-0.3, -0.25) is 0 Å². The molecule has 4 nitrogen and oxygen atoms in total. The standard InChI is InChI=1S/C19H22ClNO3/c1-23-16-7-3-13(4-8-16)18(11-15(21)12-22)19(20)14-5-9-17(24-2)10-6-14/h3-10,15,22H,11-12,21H2,1-2H3/b19-18-. The fourth-order valence-electron chi connectivity index (χ4n) is 2.36. The van der Waals surface area contributed by atoms with Gasteiger partial charge in [0.1, 0.15) is 11.5 Å². The summed E-state index contributed by atoms with van der Waals surface area (Å²) >= 11 is 6.65. The first-order valence-corrected chi connectivity index (χ1v) is 8.00. The number of aliphatic hydroxyl groups is 1. The highest BCUT2D eigenvalue weighted by Crippen LogP contribution is 2.34. The third kappa shape index (κ3) is 4.51. The number of rotatable bonds is 7. The van der Waals surface area contributed by atoms with Crippen LogP contribution in [0.3, 0.4) is 0 Å². The van der Waals surface area contributed by atoms with Crippen LogP contribution in [0.2, 0.25) is 0 Å². The minimum atomic E-state index is -0.380. The Morgan fingerprint density at radius 3 is 1.83 bits per heavy atom. The minimum Gasteiger partial charge on any atom is -0.497 e. The molecule has 0 fully saturated rings. The van der Waals surface area contributed by atoms with Gasteiger partial charge in [0, 0.05) is 6.04 Å². The Kier molecular flexibility index (Phi) is 6.67. The van der Waals surface area contributed by atoms with E-state index in [1.54, 1.807) is 14.2 Å². The van der Waals surface area contributed by atoms with Crippen LogP contribution >= 0.6 is 11.6 Å². The number of aliphatic hydroxyl groups excluding tert-OH is 1. The Morgan fingerprint density at radius 1 is 0.958 bits per heavy atom. The van der Waals surface area contributed by atoms with Gasteiger partial charge in [-0.15, -0.1) is 0 Å². The smallest absolute Gasteiger partial charge is 0.118 e. The quantitative estimate of drug-likeness (QED) is 0.752. The largest absolute Gasteiger partial charge is 0.497 e. The molecule has 128 valence electrons. The van der Waals surface area contributed by atoms with Crippen molar-refractivity contribution in [1.82, 2.24) is 0 Å². The van der Waals surface area contributed by atoms with Crippen molar-refractivity contribution in [2.45, 2.75) is 12.5 Å². The zero-order valence-corrected chi connectivity index (χ0v) is 14.6. The Morgan fingerprint density at radius 2 is 1.42 bits per heavy atom. The first kappa shape index (κ1) is 18.3. The third-order valence-corrected chi connectivity index (χ3v) is 4.19. The number of methoxy groups -OCH3 is 2. The Balaban J connectivity index is 2.45. The molecule has 2 aromatic carbocycles. The number of hydrogen-bond donors (Lipinski definition) is 2. The molecule has 0 aliphatic heterocycles. The van der Waals surface area contributed by atoms with Crippen molar-refractivity contribution in [3.63, 3.8) is 0 Å². The van der Waals surface area contributed by atoms with Crippen molar-refractivity contribution in [3.05, 3.63) is 59.7 Å². The maximum atomic E-state index is 9.31. The second-order valence-electron chi connectivity index (χ2n) is 5.40. The second kappa shape index (κ2) is 8.73. The molecule has 0 saturated carbocycles. The van der Waals surface area contributed by atoms with Crippen LogP contribution in [0.25, 0.3) is 10.6 Å². The van der Waals surface area contributed by atoms with Gasteiger partial charge in [-0.25, -0.2) is 0 Å². The summed E-state index contributed by atoms with van der Waals surface area (Å²) in [5, 5.41) is 9.91. The van der Waals surface area contributed by atoms with Crippen molar-refractivity contribution in [2.24, 2.45) is 5.73 Å². The second-order valence-corrected chi connectivity index (χ2v) is 5.77. The molecule has 24 heavy (non-hydrogen) atoms. The fourth-order valence-corrected chi connectivity index (χ4v) is 2.68. The Hall–Kier alpha value is -2.01. The lowest BCUT2D eigenvalue weighted by molar-refractivity contribution is 0.268. The number of halogens is 1. The van der Waals surface area contributed by atoms with Gasteiger partial charge in [-0.1, -0.05) is 23.7 Å². The van der Waals surface area contributed by atoms with E-state index in [0.717, 1.165) is 28.2 Å². The van der Waals surface area contributed by atoms with Gasteiger partial charge in [0.05, 0.1) is 25.9 Å². The molecular formula is C19H22ClNO3. The van der Waals surface area contributed by atoms with Crippen molar-refractivity contribution in [2.75, 3.05) is 20.8 Å². The normalized spacial score (nSPS) is 13.2. The maximum Gasteiger partial charge on any atom is 0.118 e. The Labute approximate surface area is 147 Å². The maximum absolute atomic E-state index is 9.31. The van der Waals surface area contributed by atoms with E-state index in [-0.39, 0.29) is 12.6 Å². The van der Waals surface area contributed by atoms with E-state index in [9.17, 15) is 5.11 Å². The summed E-state index contributed by atoms with van der Waals surface area (Å²) in [6.07, 6.45) is 0.466. The van der Waals surface area contributed by atoms with Gasteiger partial charge in [0.2, 0.25) is 0 Å². The van der Waals surface area contributed by atoms with Gasteiger partial charge >= 0.3 is 0 Å². The fraction of sp³-hybridized carbons (Fsp3) is 0.263. The molecule has 0 bridgehead atoms. The molecule has 0 saturated heterocycles. The van der Waals surface area contributed by atoms with Gasteiger partial charge in [-0.05, 0) is 59.5 Å². The summed E-state index contributed by atoms with van der Waals surface area (Å²) in [4.78, 5) is 0. The van der Waals surface area contributed by atoms with Crippen molar-refractivity contribution >= 4 is 22.2 Å². The first-order chi connectivity index (χ1) is 11.6. The van der Waals surface area contributed by atoms with E-state index in [2.05, 4.69) is 0 Å². The zero-order chi connectivity index (χ0) is 17.5. The van der Waals surface area contributed by atoms with E-state index in [4.69, 9.17) is 26.8 Å². The van der Waals surface area contributed by atoms with Crippen molar-refractivity contribution in [1.29, 1.82) is 0 Å². The molecule has 0 aliphatic rings. The van der Waals surface area contributed by atoms with Gasteiger partial charge in [0.25, 0.3) is 0 Å². The number of nitrogens with two attached hydrogens (primary N) is 1. The molecule has 0 radical (unpaired) electrons. The highest BCUT2D eigenvalue weighted by atomic mass is 35.5. The molecule has 3 N–H and O–H groups in total. The van der Waals surface area contributed by atoms with Crippen LogP contribution in [0.5, 0.6) is 11.5 Å². The van der Waals surface area contributed by atoms with E-state index in [1.165, 1.54) is 0 Å². The minimum absolute atomic E-state index is 0.105. The van der Waals surface area contributed by atoms with E-state index in [0.29, 0.717) is 11.5 Å².